The zero-order chi connectivity index (χ0) is 16.7. The van der Waals surface area contributed by atoms with Crippen molar-refractivity contribution in [3.8, 4) is 0 Å². The highest BCUT2D eigenvalue weighted by molar-refractivity contribution is 5.94. The molecule has 1 aliphatic heterocycles. The van der Waals surface area contributed by atoms with E-state index in [4.69, 9.17) is 4.74 Å². The van der Waals surface area contributed by atoms with Crippen LogP contribution in [0.15, 0.2) is 21.7 Å². The van der Waals surface area contributed by atoms with Gasteiger partial charge in [-0.15, -0.1) is 0 Å². The maximum absolute atomic E-state index is 12.7. The van der Waals surface area contributed by atoms with E-state index in [0.717, 1.165) is 0 Å². The van der Waals surface area contributed by atoms with Gasteiger partial charge in [-0.3, -0.25) is 19.1 Å². The molecule has 0 radical (unpaired) electrons. The first kappa shape index (κ1) is 15.4. The molecule has 0 bridgehead atoms. The Morgan fingerprint density at radius 3 is 2.57 bits per heavy atom. The van der Waals surface area contributed by atoms with Crippen molar-refractivity contribution in [2.24, 2.45) is 7.05 Å². The summed E-state index contributed by atoms with van der Waals surface area (Å²) in [6, 6.07) is 3.02. The molecule has 2 aromatic rings. The fraction of sp³-hybridized carbons (Fsp3) is 0.467. The monoisotopic (exact) mass is 318 g/mol. The van der Waals surface area contributed by atoms with Gasteiger partial charge in [0.2, 0.25) is 0 Å². The highest BCUT2D eigenvalue weighted by Crippen LogP contribution is 2.14. The molecule has 0 aliphatic carbocycles. The Kier molecular flexibility index (Phi) is 3.77. The number of pyridine rings is 1. The molecule has 1 saturated heterocycles. The molecule has 2 aromatic heterocycles. The normalized spacial score (nSPS) is 21.6. The summed E-state index contributed by atoms with van der Waals surface area (Å²) in [7, 11) is 1.50. The minimum Gasteiger partial charge on any atom is -0.372 e. The SMILES string of the molecule is C[C@@H]1CN(C(=O)c2ccc3c(=O)[nH]c(=O)n(C)c3n2)C[C@H](C)O1. The lowest BCUT2D eigenvalue weighted by molar-refractivity contribution is -0.0587. The molecular formula is C15H18N4O4. The van der Waals surface area contributed by atoms with Crippen LogP contribution in [0, 0.1) is 0 Å². The fourth-order valence-electron chi connectivity index (χ4n) is 2.85. The number of amides is 1. The van der Waals surface area contributed by atoms with E-state index in [2.05, 4.69) is 9.97 Å². The third-order valence-corrected chi connectivity index (χ3v) is 3.89. The topological polar surface area (TPSA) is 97.3 Å². The number of ether oxygens (including phenoxy) is 1. The van der Waals surface area contributed by atoms with Crippen molar-refractivity contribution < 1.29 is 9.53 Å². The highest BCUT2D eigenvalue weighted by Gasteiger charge is 2.27. The Balaban J connectivity index is 2.03. The Morgan fingerprint density at radius 1 is 1.26 bits per heavy atom. The lowest BCUT2D eigenvalue weighted by Crippen LogP contribution is -2.48. The predicted molar refractivity (Wildman–Crippen MR) is 83.5 cm³/mol. The molecule has 8 nitrogen and oxygen atoms in total. The van der Waals surface area contributed by atoms with Crippen molar-refractivity contribution in [1.29, 1.82) is 0 Å². The average Bonchev–Trinajstić information content (AvgIpc) is 2.50. The first-order valence-corrected chi connectivity index (χ1v) is 7.41. The Labute approximate surface area is 131 Å². The second-order valence-corrected chi connectivity index (χ2v) is 5.85. The van der Waals surface area contributed by atoms with Crippen LogP contribution in [0.2, 0.25) is 0 Å². The van der Waals surface area contributed by atoms with Crippen LogP contribution in [0.1, 0.15) is 24.3 Å². The van der Waals surface area contributed by atoms with E-state index in [-0.39, 0.29) is 34.8 Å². The van der Waals surface area contributed by atoms with Gasteiger partial charge >= 0.3 is 5.69 Å². The molecule has 3 heterocycles. The number of H-pyrrole nitrogens is 1. The van der Waals surface area contributed by atoms with Crippen LogP contribution in [0.5, 0.6) is 0 Å². The van der Waals surface area contributed by atoms with Crippen molar-refractivity contribution in [3.63, 3.8) is 0 Å². The second-order valence-electron chi connectivity index (χ2n) is 5.85. The van der Waals surface area contributed by atoms with Gasteiger partial charge in [0.05, 0.1) is 17.6 Å². The molecule has 1 fully saturated rings. The number of carbonyl (C=O) groups excluding carboxylic acids is 1. The van der Waals surface area contributed by atoms with Crippen molar-refractivity contribution in [3.05, 3.63) is 38.7 Å². The molecule has 8 heteroatoms. The Morgan fingerprint density at radius 2 is 1.91 bits per heavy atom. The fourth-order valence-corrected chi connectivity index (χ4v) is 2.85. The van der Waals surface area contributed by atoms with Gasteiger partial charge in [-0.05, 0) is 26.0 Å². The summed E-state index contributed by atoms with van der Waals surface area (Å²) >= 11 is 0. The van der Waals surface area contributed by atoms with Crippen LogP contribution in [0.3, 0.4) is 0 Å². The number of morpholine rings is 1. The third-order valence-electron chi connectivity index (χ3n) is 3.89. The maximum Gasteiger partial charge on any atom is 0.329 e. The van der Waals surface area contributed by atoms with Gasteiger partial charge < -0.3 is 9.64 Å². The summed E-state index contributed by atoms with van der Waals surface area (Å²) in [4.78, 5) is 44.2. The van der Waals surface area contributed by atoms with Crippen LogP contribution in [-0.4, -0.2) is 50.6 Å². The van der Waals surface area contributed by atoms with Gasteiger partial charge in [0, 0.05) is 20.1 Å². The Hall–Kier alpha value is -2.48. The zero-order valence-electron chi connectivity index (χ0n) is 13.2. The number of nitrogens with one attached hydrogen (secondary N) is 1. The average molecular weight is 318 g/mol. The van der Waals surface area contributed by atoms with Gasteiger partial charge in [-0.2, -0.15) is 0 Å². The van der Waals surface area contributed by atoms with Crippen LogP contribution in [0.25, 0.3) is 11.0 Å². The van der Waals surface area contributed by atoms with E-state index in [0.29, 0.717) is 13.1 Å². The number of aromatic nitrogens is 3. The standard InChI is InChI=1S/C15H18N4O4/c1-8-6-19(7-9(2)23-8)14(21)11-5-4-10-12(16-11)18(3)15(22)17-13(10)20/h4-5,8-9H,6-7H2,1-3H3,(H,17,20,22)/t8-,9+. The summed E-state index contributed by atoms with van der Waals surface area (Å²) in [5, 5.41) is 0.271. The van der Waals surface area contributed by atoms with E-state index >= 15 is 0 Å². The molecule has 0 aromatic carbocycles. The van der Waals surface area contributed by atoms with Gasteiger partial charge in [-0.25, -0.2) is 9.78 Å². The summed E-state index contributed by atoms with van der Waals surface area (Å²) in [6.07, 6.45) is -0.0919. The summed E-state index contributed by atoms with van der Waals surface area (Å²) in [5.41, 5.74) is -0.671. The molecule has 1 N–H and O–H groups in total. The van der Waals surface area contributed by atoms with Crippen molar-refractivity contribution in [2.45, 2.75) is 26.1 Å². The molecule has 0 unspecified atom stereocenters. The number of carbonyl (C=O) groups is 1. The van der Waals surface area contributed by atoms with Crippen molar-refractivity contribution >= 4 is 16.9 Å². The molecule has 23 heavy (non-hydrogen) atoms. The predicted octanol–water partition coefficient (Wildman–Crippen LogP) is -0.129. The minimum atomic E-state index is -0.562. The first-order chi connectivity index (χ1) is 10.9. The number of fused-ring (bicyclic) bond motifs is 1. The highest BCUT2D eigenvalue weighted by atomic mass is 16.5. The molecular weight excluding hydrogens is 300 g/mol. The van der Waals surface area contributed by atoms with E-state index in [9.17, 15) is 14.4 Å². The quantitative estimate of drug-likeness (QED) is 0.790. The molecule has 122 valence electrons. The zero-order valence-corrected chi connectivity index (χ0v) is 13.2. The summed E-state index contributed by atoms with van der Waals surface area (Å²) in [6.45, 7) is 4.79. The second kappa shape index (κ2) is 5.62. The van der Waals surface area contributed by atoms with E-state index < -0.39 is 11.2 Å². The number of rotatable bonds is 1. The number of nitrogens with zero attached hydrogens (tertiary/aromatic N) is 3. The Bertz CT molecular complexity index is 875. The summed E-state index contributed by atoms with van der Waals surface area (Å²) < 4.78 is 6.84. The van der Waals surface area contributed by atoms with Crippen LogP contribution in [0.4, 0.5) is 0 Å². The number of aryl methyl sites for hydroxylation is 1. The lowest BCUT2D eigenvalue weighted by atomic mass is 10.2. The number of hydrogen-bond donors (Lipinski definition) is 1. The molecule has 0 saturated carbocycles. The third kappa shape index (κ3) is 2.77. The maximum atomic E-state index is 12.7. The largest absolute Gasteiger partial charge is 0.372 e. The van der Waals surface area contributed by atoms with Crippen LogP contribution < -0.4 is 11.2 Å². The van der Waals surface area contributed by atoms with E-state index in [1.165, 1.54) is 23.7 Å². The van der Waals surface area contributed by atoms with Gasteiger partial charge in [0.15, 0.2) is 0 Å². The van der Waals surface area contributed by atoms with Crippen molar-refractivity contribution in [1.82, 2.24) is 19.4 Å². The lowest BCUT2D eigenvalue weighted by Gasteiger charge is -2.35. The molecule has 1 amide bonds. The van der Waals surface area contributed by atoms with E-state index in [1.54, 1.807) is 4.90 Å². The van der Waals surface area contributed by atoms with E-state index in [1.807, 2.05) is 13.8 Å². The summed E-state index contributed by atoms with van der Waals surface area (Å²) in [5.74, 6) is -0.235. The number of aromatic amines is 1. The molecule has 2 atom stereocenters. The molecule has 1 aliphatic rings. The van der Waals surface area contributed by atoms with Crippen LogP contribution >= 0.6 is 0 Å². The minimum absolute atomic E-state index is 0.0460. The van der Waals surface area contributed by atoms with Gasteiger partial charge in [-0.1, -0.05) is 0 Å². The number of hydrogen-bond acceptors (Lipinski definition) is 5. The molecule has 0 spiro atoms. The van der Waals surface area contributed by atoms with Gasteiger partial charge in [0.1, 0.15) is 11.3 Å². The van der Waals surface area contributed by atoms with Crippen LogP contribution in [-0.2, 0) is 11.8 Å². The molecule has 3 rings (SSSR count). The van der Waals surface area contributed by atoms with Crippen molar-refractivity contribution in [2.75, 3.05) is 13.1 Å². The first-order valence-electron chi connectivity index (χ1n) is 7.41. The smallest absolute Gasteiger partial charge is 0.329 e. The van der Waals surface area contributed by atoms with Gasteiger partial charge in [0.25, 0.3) is 11.5 Å².